The van der Waals surface area contributed by atoms with Crippen LogP contribution in [0.15, 0.2) is 76.7 Å². The Morgan fingerprint density at radius 1 is 1.00 bits per heavy atom. The number of nitrogens with one attached hydrogen (secondary N) is 1. The molecule has 0 saturated heterocycles. The summed E-state index contributed by atoms with van der Waals surface area (Å²) < 4.78 is 6.25. The van der Waals surface area contributed by atoms with Gasteiger partial charge in [-0.25, -0.2) is 5.01 Å². The number of benzene rings is 2. The smallest absolute Gasteiger partial charge is 0.140 e. The lowest BCUT2D eigenvalue weighted by molar-refractivity contribution is 0.218. The van der Waals surface area contributed by atoms with Crippen molar-refractivity contribution in [3.8, 4) is 0 Å². The van der Waals surface area contributed by atoms with Crippen molar-refractivity contribution in [3.63, 3.8) is 0 Å². The Bertz CT molecular complexity index is 1020. The van der Waals surface area contributed by atoms with Crippen LogP contribution in [0.1, 0.15) is 16.5 Å². The van der Waals surface area contributed by atoms with Crippen LogP contribution in [-0.2, 0) is 0 Å². The molecule has 1 atom stereocenters. The molecule has 4 heteroatoms. The van der Waals surface area contributed by atoms with Crippen molar-refractivity contribution in [1.29, 1.82) is 0 Å². The van der Waals surface area contributed by atoms with E-state index in [1.54, 1.807) is 11.3 Å². The molecule has 0 spiro atoms. The molecule has 2 aromatic carbocycles. The first-order valence-electron chi connectivity index (χ1n) is 8.03. The number of furan rings is 1. The van der Waals surface area contributed by atoms with Crippen LogP contribution >= 0.6 is 11.3 Å². The zero-order valence-corrected chi connectivity index (χ0v) is 13.8. The molecule has 2 aromatic heterocycles. The molecule has 0 radical (unpaired) electrons. The monoisotopic (exact) mass is 332 g/mol. The molecule has 1 aliphatic heterocycles. The molecule has 118 valence electrons. The molecule has 1 unspecified atom stereocenters. The molecule has 5 rings (SSSR count). The number of para-hydroxylation sites is 2. The molecule has 3 heterocycles. The summed E-state index contributed by atoms with van der Waals surface area (Å²) in [5, 5.41) is 6.72. The highest BCUT2D eigenvalue weighted by Crippen LogP contribution is 2.39. The second-order valence-electron chi connectivity index (χ2n) is 5.92. The summed E-state index contributed by atoms with van der Waals surface area (Å²) in [4.78, 5) is 1.30. The van der Waals surface area contributed by atoms with Gasteiger partial charge in [0.25, 0.3) is 0 Å². The molecular weight excluding hydrogens is 316 g/mol. The molecular formula is C20H16N2OS. The zero-order chi connectivity index (χ0) is 15.9. The van der Waals surface area contributed by atoms with Crippen molar-refractivity contribution in [2.45, 2.75) is 6.04 Å². The summed E-state index contributed by atoms with van der Waals surface area (Å²) in [6, 6.07) is 19.1. The average Bonchev–Trinajstić information content (AvgIpc) is 3.37. The van der Waals surface area contributed by atoms with E-state index in [2.05, 4.69) is 64.4 Å². The molecule has 0 bridgehead atoms. The maximum atomic E-state index is 6.25. The van der Waals surface area contributed by atoms with E-state index in [1.807, 2.05) is 18.3 Å². The van der Waals surface area contributed by atoms with Crippen molar-refractivity contribution in [3.05, 3.63) is 82.7 Å². The Hall–Kier alpha value is -2.56. The van der Waals surface area contributed by atoms with Gasteiger partial charge in [-0.05, 0) is 17.5 Å². The highest BCUT2D eigenvalue weighted by Gasteiger charge is 2.27. The fraction of sp³-hybridized carbons (Fsp3) is 0.100. The number of nitrogens with zero attached hydrogens (tertiary/aromatic N) is 1. The summed E-state index contributed by atoms with van der Waals surface area (Å²) in [5.41, 5.74) is 6.48. The Morgan fingerprint density at radius 3 is 2.75 bits per heavy atom. The van der Waals surface area contributed by atoms with Crippen LogP contribution in [0.2, 0.25) is 0 Å². The van der Waals surface area contributed by atoms with Gasteiger partial charge in [-0.1, -0.05) is 48.5 Å². The topological polar surface area (TPSA) is 28.4 Å². The molecule has 24 heavy (non-hydrogen) atoms. The Kier molecular flexibility index (Phi) is 3.18. The maximum Gasteiger partial charge on any atom is 0.140 e. The van der Waals surface area contributed by atoms with Gasteiger partial charge >= 0.3 is 0 Å². The van der Waals surface area contributed by atoms with E-state index in [0.29, 0.717) is 0 Å². The lowest BCUT2D eigenvalue weighted by atomic mass is 10.0. The SMILES string of the molecule is C1=CNN(C(c2cccs2)c2cccc3c2oc2ccccc23)C1. The van der Waals surface area contributed by atoms with E-state index in [0.717, 1.165) is 17.7 Å². The number of fused-ring (bicyclic) bond motifs is 3. The first-order chi connectivity index (χ1) is 11.9. The van der Waals surface area contributed by atoms with Crippen molar-refractivity contribution >= 4 is 33.3 Å². The first-order valence-corrected chi connectivity index (χ1v) is 8.91. The highest BCUT2D eigenvalue weighted by atomic mass is 32.1. The van der Waals surface area contributed by atoms with Gasteiger partial charge < -0.3 is 9.84 Å². The Balaban J connectivity index is 1.76. The van der Waals surface area contributed by atoms with Crippen LogP contribution in [0.25, 0.3) is 21.9 Å². The van der Waals surface area contributed by atoms with Crippen molar-refractivity contribution in [2.24, 2.45) is 0 Å². The van der Waals surface area contributed by atoms with Gasteiger partial charge in [0.1, 0.15) is 11.2 Å². The maximum absolute atomic E-state index is 6.25. The summed E-state index contributed by atoms with van der Waals surface area (Å²) in [7, 11) is 0. The molecule has 0 aliphatic carbocycles. The third-order valence-corrected chi connectivity index (χ3v) is 5.44. The summed E-state index contributed by atoms with van der Waals surface area (Å²) in [5.74, 6) is 0. The highest BCUT2D eigenvalue weighted by molar-refractivity contribution is 7.10. The lowest BCUT2D eigenvalue weighted by Gasteiger charge is -2.27. The lowest BCUT2D eigenvalue weighted by Crippen LogP contribution is -2.34. The van der Waals surface area contributed by atoms with E-state index in [4.69, 9.17) is 4.42 Å². The molecule has 3 nitrogen and oxygen atoms in total. The normalized spacial score (nSPS) is 16.0. The number of rotatable bonds is 3. The summed E-state index contributed by atoms with van der Waals surface area (Å²) in [6.45, 7) is 0.874. The van der Waals surface area contributed by atoms with E-state index in [-0.39, 0.29) is 6.04 Å². The van der Waals surface area contributed by atoms with Crippen LogP contribution in [0.3, 0.4) is 0 Å². The van der Waals surface area contributed by atoms with Crippen LogP contribution < -0.4 is 5.43 Å². The van der Waals surface area contributed by atoms with Gasteiger partial charge in [-0.15, -0.1) is 11.3 Å². The minimum absolute atomic E-state index is 0.129. The third-order valence-electron chi connectivity index (χ3n) is 4.51. The van der Waals surface area contributed by atoms with Crippen molar-refractivity contribution in [2.75, 3.05) is 6.54 Å². The van der Waals surface area contributed by atoms with Crippen molar-refractivity contribution in [1.82, 2.24) is 10.4 Å². The number of hydrogen-bond acceptors (Lipinski definition) is 4. The number of thiophene rings is 1. The summed E-state index contributed by atoms with van der Waals surface area (Å²) >= 11 is 1.78. The number of hydrazine groups is 1. The first kappa shape index (κ1) is 13.8. The predicted molar refractivity (Wildman–Crippen MR) is 98.9 cm³/mol. The molecule has 0 saturated carbocycles. The second kappa shape index (κ2) is 5.51. The van der Waals surface area contributed by atoms with E-state index < -0.39 is 0 Å². The standard InChI is InChI=1S/C20H16N2OS/c1-2-9-17-14(6-1)15-7-3-8-16(20(15)23-17)19(18-10-4-13-24-18)22-12-5-11-21-22/h1-11,13,19,21H,12H2. The molecule has 0 fully saturated rings. The minimum Gasteiger partial charge on any atom is -0.456 e. The van der Waals surface area contributed by atoms with E-state index >= 15 is 0 Å². The Morgan fingerprint density at radius 2 is 1.92 bits per heavy atom. The summed E-state index contributed by atoms with van der Waals surface area (Å²) in [6.07, 6.45) is 4.14. The Labute approximate surface area is 143 Å². The van der Waals surface area contributed by atoms with Crippen LogP contribution in [0.4, 0.5) is 0 Å². The fourth-order valence-corrected chi connectivity index (χ4v) is 4.31. The third kappa shape index (κ3) is 2.08. The number of hydrogen-bond donors (Lipinski definition) is 1. The largest absolute Gasteiger partial charge is 0.456 e. The van der Waals surface area contributed by atoms with Gasteiger partial charge in [0.15, 0.2) is 0 Å². The molecule has 1 aliphatic rings. The second-order valence-corrected chi connectivity index (χ2v) is 6.90. The van der Waals surface area contributed by atoms with Gasteiger partial charge in [-0.3, -0.25) is 0 Å². The van der Waals surface area contributed by atoms with E-state index in [1.165, 1.54) is 21.2 Å². The average molecular weight is 332 g/mol. The zero-order valence-electron chi connectivity index (χ0n) is 13.0. The van der Waals surface area contributed by atoms with E-state index in [9.17, 15) is 0 Å². The van der Waals surface area contributed by atoms with Gasteiger partial charge in [0.2, 0.25) is 0 Å². The molecule has 4 aromatic rings. The fourth-order valence-electron chi connectivity index (χ4n) is 3.45. The van der Waals surface area contributed by atoms with Crippen LogP contribution in [-0.4, -0.2) is 11.6 Å². The molecule has 0 amide bonds. The van der Waals surface area contributed by atoms with Crippen LogP contribution in [0, 0.1) is 0 Å². The predicted octanol–water partition coefficient (Wildman–Crippen LogP) is 5.07. The van der Waals surface area contributed by atoms with Gasteiger partial charge in [0, 0.05) is 34.0 Å². The minimum atomic E-state index is 0.129. The van der Waals surface area contributed by atoms with Crippen LogP contribution in [0.5, 0.6) is 0 Å². The van der Waals surface area contributed by atoms with Crippen molar-refractivity contribution < 1.29 is 4.42 Å². The quantitative estimate of drug-likeness (QED) is 0.568. The van der Waals surface area contributed by atoms with Gasteiger partial charge in [-0.2, -0.15) is 0 Å². The van der Waals surface area contributed by atoms with Gasteiger partial charge in [0.05, 0.1) is 6.04 Å². The molecule has 1 N–H and O–H groups in total.